The van der Waals surface area contributed by atoms with Crippen molar-refractivity contribution in [1.82, 2.24) is 4.98 Å². The topological polar surface area (TPSA) is 65.4 Å². The number of phenols is 1. The Labute approximate surface area is 119 Å². The molecule has 1 aromatic heterocycles. The van der Waals surface area contributed by atoms with Crippen molar-refractivity contribution in [3.05, 3.63) is 30.5 Å². The first-order valence-electron chi connectivity index (χ1n) is 6.85. The maximum atomic E-state index is 10.0. The van der Waals surface area contributed by atoms with Crippen molar-refractivity contribution < 1.29 is 10.2 Å². The molecule has 0 aliphatic rings. The molecule has 1 atom stereocenters. The summed E-state index contributed by atoms with van der Waals surface area (Å²) >= 11 is 0. The van der Waals surface area contributed by atoms with Gasteiger partial charge in [0.05, 0.1) is 6.10 Å². The van der Waals surface area contributed by atoms with Gasteiger partial charge < -0.3 is 15.5 Å². The lowest BCUT2D eigenvalue weighted by molar-refractivity contribution is 0.132. The van der Waals surface area contributed by atoms with E-state index in [1.165, 1.54) is 0 Å². The number of pyridine rings is 1. The van der Waals surface area contributed by atoms with Crippen LogP contribution in [0.4, 0.5) is 5.82 Å². The number of hydrogen-bond donors (Lipinski definition) is 3. The molecular formula is C16H22N2O2. The fourth-order valence-corrected chi connectivity index (χ4v) is 2.29. The summed E-state index contributed by atoms with van der Waals surface area (Å²) in [5, 5.41) is 24.6. The van der Waals surface area contributed by atoms with Crippen LogP contribution in [0.15, 0.2) is 30.5 Å². The van der Waals surface area contributed by atoms with Crippen LogP contribution >= 0.6 is 0 Å². The van der Waals surface area contributed by atoms with Crippen molar-refractivity contribution in [1.29, 1.82) is 0 Å². The fraction of sp³-hybridized carbons (Fsp3) is 0.438. The second-order valence-electron chi connectivity index (χ2n) is 6.36. The van der Waals surface area contributed by atoms with E-state index in [0.29, 0.717) is 12.4 Å². The molecule has 4 nitrogen and oxygen atoms in total. The second kappa shape index (κ2) is 5.67. The van der Waals surface area contributed by atoms with Gasteiger partial charge in [0.25, 0.3) is 0 Å². The molecule has 0 aliphatic carbocycles. The highest BCUT2D eigenvalue weighted by Crippen LogP contribution is 2.26. The highest BCUT2D eigenvalue weighted by atomic mass is 16.3. The van der Waals surface area contributed by atoms with Crippen LogP contribution in [-0.4, -0.2) is 27.8 Å². The normalized spacial score (nSPS) is 13.4. The highest BCUT2D eigenvalue weighted by molar-refractivity contribution is 5.92. The number of aromatic nitrogens is 1. The van der Waals surface area contributed by atoms with Crippen molar-refractivity contribution in [3.8, 4) is 5.75 Å². The Bertz CT molecular complexity index is 591. The minimum absolute atomic E-state index is 0.0888. The molecule has 1 heterocycles. The molecule has 108 valence electrons. The Morgan fingerprint density at radius 3 is 2.70 bits per heavy atom. The van der Waals surface area contributed by atoms with E-state index in [9.17, 15) is 10.2 Å². The average Bonchev–Trinajstić information content (AvgIpc) is 2.34. The predicted molar refractivity (Wildman–Crippen MR) is 82.0 cm³/mol. The summed E-state index contributed by atoms with van der Waals surface area (Å²) in [7, 11) is 0. The molecule has 0 saturated carbocycles. The zero-order valence-corrected chi connectivity index (χ0v) is 12.2. The average molecular weight is 274 g/mol. The van der Waals surface area contributed by atoms with Gasteiger partial charge in [-0.05, 0) is 35.4 Å². The number of aliphatic hydroxyl groups excluding tert-OH is 1. The maximum Gasteiger partial charge on any atom is 0.134 e. The van der Waals surface area contributed by atoms with Crippen molar-refractivity contribution >= 4 is 16.6 Å². The SMILES string of the molecule is CC(C)(C)CC(O)CNc1nccc2ccc(O)cc12. The summed E-state index contributed by atoms with van der Waals surface area (Å²) in [5.74, 6) is 0.898. The summed E-state index contributed by atoms with van der Waals surface area (Å²) in [6.07, 6.45) is 2.01. The van der Waals surface area contributed by atoms with E-state index < -0.39 is 6.10 Å². The molecule has 0 amide bonds. The minimum atomic E-state index is -0.427. The predicted octanol–water partition coefficient (Wildman–Crippen LogP) is 3.15. The molecule has 2 aromatic rings. The van der Waals surface area contributed by atoms with Gasteiger partial charge in [0.15, 0.2) is 0 Å². The number of nitrogens with zero attached hydrogens (tertiary/aromatic N) is 1. The molecular weight excluding hydrogens is 252 g/mol. The van der Waals surface area contributed by atoms with Crippen molar-refractivity contribution in [2.75, 3.05) is 11.9 Å². The monoisotopic (exact) mass is 274 g/mol. The van der Waals surface area contributed by atoms with Crippen molar-refractivity contribution in [2.45, 2.75) is 33.3 Å². The van der Waals surface area contributed by atoms with Crippen LogP contribution in [-0.2, 0) is 0 Å². The molecule has 0 saturated heterocycles. The van der Waals surface area contributed by atoms with Gasteiger partial charge in [-0.25, -0.2) is 4.98 Å². The molecule has 1 unspecified atom stereocenters. The van der Waals surface area contributed by atoms with Crippen LogP contribution in [0, 0.1) is 5.41 Å². The zero-order chi connectivity index (χ0) is 14.8. The lowest BCUT2D eigenvalue weighted by Gasteiger charge is -2.22. The third-order valence-corrected chi connectivity index (χ3v) is 3.10. The second-order valence-corrected chi connectivity index (χ2v) is 6.36. The van der Waals surface area contributed by atoms with Crippen LogP contribution in [0.1, 0.15) is 27.2 Å². The molecule has 2 rings (SSSR count). The Balaban J connectivity index is 2.12. The van der Waals surface area contributed by atoms with Crippen LogP contribution in [0.3, 0.4) is 0 Å². The van der Waals surface area contributed by atoms with Crippen molar-refractivity contribution in [2.24, 2.45) is 5.41 Å². The molecule has 20 heavy (non-hydrogen) atoms. The van der Waals surface area contributed by atoms with Crippen molar-refractivity contribution in [3.63, 3.8) is 0 Å². The number of anilines is 1. The Hall–Kier alpha value is -1.81. The molecule has 0 radical (unpaired) electrons. The Morgan fingerprint density at radius 1 is 1.25 bits per heavy atom. The minimum Gasteiger partial charge on any atom is -0.508 e. The molecule has 4 heteroatoms. The number of phenolic OH excluding ortho intramolecular Hbond substituents is 1. The summed E-state index contributed by atoms with van der Waals surface area (Å²) in [5.41, 5.74) is 0.0888. The number of hydrogen-bond acceptors (Lipinski definition) is 4. The number of fused-ring (bicyclic) bond motifs is 1. The third-order valence-electron chi connectivity index (χ3n) is 3.10. The van der Waals surface area contributed by atoms with E-state index in [-0.39, 0.29) is 11.2 Å². The van der Waals surface area contributed by atoms with E-state index in [0.717, 1.165) is 17.2 Å². The quantitative estimate of drug-likeness (QED) is 0.801. The van der Waals surface area contributed by atoms with E-state index in [4.69, 9.17) is 0 Å². The summed E-state index contributed by atoms with van der Waals surface area (Å²) < 4.78 is 0. The largest absolute Gasteiger partial charge is 0.508 e. The number of aromatic hydroxyl groups is 1. The molecule has 0 bridgehead atoms. The van der Waals surface area contributed by atoms with Gasteiger partial charge in [-0.3, -0.25) is 0 Å². The van der Waals surface area contributed by atoms with Gasteiger partial charge >= 0.3 is 0 Å². The van der Waals surface area contributed by atoms with Crippen LogP contribution in [0.25, 0.3) is 10.8 Å². The molecule has 0 spiro atoms. The van der Waals surface area contributed by atoms with Crippen LogP contribution in [0.5, 0.6) is 5.75 Å². The summed E-state index contributed by atoms with van der Waals surface area (Å²) in [6.45, 7) is 6.75. The molecule has 1 aromatic carbocycles. The number of rotatable bonds is 4. The van der Waals surface area contributed by atoms with E-state index in [1.54, 1.807) is 18.3 Å². The smallest absolute Gasteiger partial charge is 0.134 e. The van der Waals surface area contributed by atoms with E-state index >= 15 is 0 Å². The van der Waals surface area contributed by atoms with E-state index in [1.807, 2.05) is 12.1 Å². The number of aliphatic hydroxyl groups is 1. The van der Waals surface area contributed by atoms with Gasteiger partial charge in [-0.15, -0.1) is 0 Å². The zero-order valence-electron chi connectivity index (χ0n) is 12.2. The first-order chi connectivity index (χ1) is 9.35. The number of nitrogens with one attached hydrogen (secondary N) is 1. The maximum absolute atomic E-state index is 10.0. The molecule has 3 N–H and O–H groups in total. The van der Waals surface area contributed by atoms with Gasteiger partial charge in [0.2, 0.25) is 0 Å². The van der Waals surface area contributed by atoms with E-state index in [2.05, 4.69) is 31.1 Å². The standard InChI is InChI=1S/C16H22N2O2/c1-16(2,3)9-13(20)10-18-15-14-8-12(19)5-4-11(14)6-7-17-15/h4-8,13,19-20H,9-10H2,1-3H3,(H,17,18). The number of benzene rings is 1. The lowest BCUT2D eigenvalue weighted by atomic mass is 9.89. The third kappa shape index (κ3) is 3.84. The molecule has 0 aliphatic heterocycles. The van der Waals surface area contributed by atoms with Crippen LogP contribution < -0.4 is 5.32 Å². The van der Waals surface area contributed by atoms with Gasteiger partial charge in [0, 0.05) is 18.1 Å². The highest BCUT2D eigenvalue weighted by Gasteiger charge is 2.16. The summed E-state index contributed by atoms with van der Waals surface area (Å²) in [6, 6.07) is 7.08. The fourth-order valence-electron chi connectivity index (χ4n) is 2.29. The molecule has 0 fully saturated rings. The summed E-state index contributed by atoms with van der Waals surface area (Å²) in [4.78, 5) is 4.28. The first-order valence-corrected chi connectivity index (χ1v) is 6.85. The van der Waals surface area contributed by atoms with Gasteiger partial charge in [-0.1, -0.05) is 26.8 Å². The Morgan fingerprint density at radius 2 is 2.00 bits per heavy atom. The Kier molecular flexibility index (Phi) is 4.14. The van der Waals surface area contributed by atoms with Gasteiger partial charge in [-0.2, -0.15) is 0 Å². The van der Waals surface area contributed by atoms with Crippen LogP contribution in [0.2, 0.25) is 0 Å². The lowest BCUT2D eigenvalue weighted by Crippen LogP contribution is -2.25. The van der Waals surface area contributed by atoms with Gasteiger partial charge in [0.1, 0.15) is 11.6 Å². The first kappa shape index (κ1) is 14.6.